The number of rotatable bonds is 4. The van der Waals surface area contributed by atoms with E-state index in [9.17, 15) is 4.39 Å². The van der Waals surface area contributed by atoms with Crippen molar-refractivity contribution in [2.24, 2.45) is 0 Å². The van der Waals surface area contributed by atoms with Crippen LogP contribution in [0, 0.1) is 12.7 Å². The summed E-state index contributed by atoms with van der Waals surface area (Å²) >= 11 is 4.69. The average molecular weight is 393 g/mol. The van der Waals surface area contributed by atoms with E-state index in [1.54, 1.807) is 12.1 Å². The fourth-order valence-electron chi connectivity index (χ4n) is 2.07. The molecule has 3 aromatic rings. The third-order valence-electron chi connectivity index (χ3n) is 3.34. The number of nitrogens with zero attached hydrogens (tertiary/aromatic N) is 3. The van der Waals surface area contributed by atoms with E-state index in [1.165, 1.54) is 22.5 Å². The fraction of sp³-hybridized carbons (Fsp3) is 0.125. The molecule has 0 aliphatic carbocycles. The molecule has 0 radical (unpaired) electrons. The maximum Gasteiger partial charge on any atom is 0.210 e. The van der Waals surface area contributed by atoms with Gasteiger partial charge in [-0.3, -0.25) is 0 Å². The van der Waals surface area contributed by atoms with Crippen molar-refractivity contribution in [3.8, 4) is 11.4 Å². The van der Waals surface area contributed by atoms with Gasteiger partial charge in [-0.1, -0.05) is 57.5 Å². The number of halogens is 2. The van der Waals surface area contributed by atoms with Crippen molar-refractivity contribution in [3.05, 3.63) is 63.9 Å². The number of benzene rings is 2. The summed E-state index contributed by atoms with van der Waals surface area (Å²) in [6, 6.07) is 12.7. The van der Waals surface area contributed by atoms with Gasteiger partial charge in [0.2, 0.25) is 5.16 Å². The van der Waals surface area contributed by atoms with Gasteiger partial charge in [0.25, 0.3) is 0 Å². The lowest BCUT2D eigenvalue weighted by Crippen LogP contribution is -2.11. The lowest BCUT2D eigenvalue weighted by Gasteiger charge is -2.05. The number of aryl methyl sites for hydroxylation is 1. The van der Waals surface area contributed by atoms with Crippen molar-refractivity contribution >= 4 is 27.7 Å². The van der Waals surface area contributed by atoms with Crippen LogP contribution >= 0.6 is 27.7 Å². The highest BCUT2D eigenvalue weighted by Crippen LogP contribution is 2.26. The van der Waals surface area contributed by atoms with Gasteiger partial charge in [-0.15, -0.1) is 10.2 Å². The van der Waals surface area contributed by atoms with Crippen molar-refractivity contribution in [2.75, 3.05) is 5.84 Å². The molecule has 2 N–H and O–H groups in total. The quantitative estimate of drug-likeness (QED) is 0.534. The van der Waals surface area contributed by atoms with Crippen LogP contribution in [-0.2, 0) is 5.75 Å². The van der Waals surface area contributed by atoms with Crippen LogP contribution in [0.3, 0.4) is 0 Å². The number of thioether (sulfide) groups is 1. The minimum Gasteiger partial charge on any atom is -0.335 e. The molecule has 1 heterocycles. The van der Waals surface area contributed by atoms with Crippen LogP contribution in [0.4, 0.5) is 4.39 Å². The van der Waals surface area contributed by atoms with Crippen molar-refractivity contribution in [1.82, 2.24) is 14.9 Å². The summed E-state index contributed by atoms with van der Waals surface area (Å²) in [5.41, 5.74) is 2.65. The zero-order valence-electron chi connectivity index (χ0n) is 12.3. The van der Waals surface area contributed by atoms with E-state index < -0.39 is 0 Å². The normalized spacial score (nSPS) is 10.9. The molecule has 0 bridgehead atoms. The van der Waals surface area contributed by atoms with Crippen LogP contribution in [0.25, 0.3) is 11.4 Å². The molecule has 0 saturated heterocycles. The second-order valence-electron chi connectivity index (χ2n) is 5.07. The Morgan fingerprint density at radius 2 is 1.91 bits per heavy atom. The van der Waals surface area contributed by atoms with E-state index in [2.05, 4.69) is 26.1 Å². The Balaban J connectivity index is 1.79. The zero-order chi connectivity index (χ0) is 16.4. The van der Waals surface area contributed by atoms with Crippen LogP contribution in [0.15, 0.2) is 52.1 Å². The topological polar surface area (TPSA) is 56.7 Å². The Kier molecular flexibility index (Phi) is 4.68. The molecule has 23 heavy (non-hydrogen) atoms. The predicted octanol–water partition coefficient (Wildman–Crippen LogP) is 4.16. The number of hydrogen-bond donors (Lipinski definition) is 1. The van der Waals surface area contributed by atoms with Crippen molar-refractivity contribution in [2.45, 2.75) is 17.8 Å². The number of nitrogen functional groups attached to an aromatic ring is 1. The second-order valence-corrected chi connectivity index (χ2v) is 6.92. The van der Waals surface area contributed by atoms with Gasteiger partial charge in [0.05, 0.1) is 0 Å². The van der Waals surface area contributed by atoms with Crippen LogP contribution in [0.1, 0.15) is 11.1 Å². The maximum absolute atomic E-state index is 13.8. The molecule has 0 aliphatic heterocycles. The molecule has 3 rings (SSSR count). The fourth-order valence-corrected chi connectivity index (χ4v) is 3.31. The summed E-state index contributed by atoms with van der Waals surface area (Å²) in [6.45, 7) is 2.02. The van der Waals surface area contributed by atoms with E-state index in [-0.39, 0.29) is 5.82 Å². The molecule has 118 valence electrons. The molecule has 1 aromatic heterocycles. The van der Waals surface area contributed by atoms with Gasteiger partial charge >= 0.3 is 0 Å². The molecule has 0 spiro atoms. The Morgan fingerprint density at radius 3 is 2.65 bits per heavy atom. The maximum atomic E-state index is 13.8. The monoisotopic (exact) mass is 392 g/mol. The number of hydrogen-bond acceptors (Lipinski definition) is 4. The standard InChI is InChI=1S/C16H14BrFN4S/c1-10-2-4-11(5-3-10)15-20-21-16(22(15)19)23-9-12-8-13(17)6-7-14(12)18/h2-8H,9,19H2,1H3. The highest BCUT2D eigenvalue weighted by molar-refractivity contribution is 9.10. The molecule has 4 nitrogen and oxygen atoms in total. The smallest absolute Gasteiger partial charge is 0.210 e. The summed E-state index contributed by atoms with van der Waals surface area (Å²) in [5.74, 6) is 6.84. The molecule has 0 saturated carbocycles. The number of nitrogens with two attached hydrogens (primary N) is 1. The Hall–Kier alpha value is -1.86. The SMILES string of the molecule is Cc1ccc(-c2nnc(SCc3cc(Br)ccc3F)n2N)cc1. The van der Waals surface area contributed by atoms with E-state index in [1.807, 2.05) is 31.2 Å². The first-order valence-electron chi connectivity index (χ1n) is 6.89. The average Bonchev–Trinajstić information content (AvgIpc) is 2.90. The van der Waals surface area contributed by atoms with E-state index in [0.29, 0.717) is 22.3 Å². The van der Waals surface area contributed by atoms with Gasteiger partial charge in [0.15, 0.2) is 5.82 Å². The van der Waals surface area contributed by atoms with Crippen molar-refractivity contribution in [1.29, 1.82) is 0 Å². The van der Waals surface area contributed by atoms with Crippen LogP contribution in [-0.4, -0.2) is 14.9 Å². The lowest BCUT2D eigenvalue weighted by atomic mass is 10.1. The van der Waals surface area contributed by atoms with E-state index in [4.69, 9.17) is 5.84 Å². The molecule has 7 heteroatoms. The van der Waals surface area contributed by atoms with Gasteiger partial charge < -0.3 is 5.84 Å². The second kappa shape index (κ2) is 6.72. The molecule has 0 amide bonds. The van der Waals surface area contributed by atoms with Gasteiger partial charge in [-0.05, 0) is 30.7 Å². The Morgan fingerprint density at radius 1 is 1.17 bits per heavy atom. The minimum atomic E-state index is -0.248. The Bertz CT molecular complexity index is 833. The molecule has 0 fully saturated rings. The van der Waals surface area contributed by atoms with E-state index >= 15 is 0 Å². The summed E-state index contributed by atoms with van der Waals surface area (Å²) in [7, 11) is 0. The van der Waals surface area contributed by atoms with Crippen molar-refractivity contribution < 1.29 is 4.39 Å². The van der Waals surface area contributed by atoms with Gasteiger partial charge in [-0.25, -0.2) is 9.07 Å². The zero-order valence-corrected chi connectivity index (χ0v) is 14.7. The lowest BCUT2D eigenvalue weighted by molar-refractivity contribution is 0.617. The molecular formula is C16H14BrFN4S. The minimum absolute atomic E-state index is 0.248. The van der Waals surface area contributed by atoms with Crippen LogP contribution in [0.5, 0.6) is 0 Å². The molecular weight excluding hydrogens is 379 g/mol. The third kappa shape index (κ3) is 3.56. The highest BCUT2D eigenvalue weighted by atomic mass is 79.9. The van der Waals surface area contributed by atoms with Crippen molar-refractivity contribution in [3.63, 3.8) is 0 Å². The summed E-state index contributed by atoms with van der Waals surface area (Å²) in [5, 5.41) is 8.77. The summed E-state index contributed by atoms with van der Waals surface area (Å²) < 4.78 is 16.0. The highest BCUT2D eigenvalue weighted by Gasteiger charge is 2.13. The molecule has 2 aromatic carbocycles. The first kappa shape index (κ1) is 16.0. The van der Waals surface area contributed by atoms with Gasteiger partial charge in [0, 0.05) is 15.8 Å². The third-order valence-corrected chi connectivity index (χ3v) is 4.82. The largest absolute Gasteiger partial charge is 0.335 e. The predicted molar refractivity (Wildman–Crippen MR) is 94.0 cm³/mol. The molecule has 0 unspecified atom stereocenters. The van der Waals surface area contributed by atoms with Crippen LogP contribution in [0.2, 0.25) is 0 Å². The first-order valence-corrected chi connectivity index (χ1v) is 8.66. The number of aromatic nitrogens is 3. The van der Waals surface area contributed by atoms with E-state index in [0.717, 1.165) is 15.6 Å². The summed E-state index contributed by atoms with van der Waals surface area (Å²) in [6.07, 6.45) is 0. The Labute approximate surface area is 146 Å². The van der Waals surface area contributed by atoms with Crippen LogP contribution < -0.4 is 5.84 Å². The molecule has 0 atom stereocenters. The molecule has 0 aliphatic rings. The van der Waals surface area contributed by atoms with Gasteiger partial charge in [-0.2, -0.15) is 0 Å². The summed E-state index contributed by atoms with van der Waals surface area (Å²) in [4.78, 5) is 0. The first-order chi connectivity index (χ1) is 11.0. The van der Waals surface area contributed by atoms with Gasteiger partial charge in [0.1, 0.15) is 5.82 Å².